The minimum absolute atomic E-state index is 0.247. The molecule has 0 rings (SSSR count). The monoisotopic (exact) mass is 146 g/mol. The third kappa shape index (κ3) is 8.31. The molecule has 1 unspecified atom stereocenters. The predicted molar refractivity (Wildman–Crippen MR) is 45.5 cm³/mol. The maximum atomic E-state index is 5.51. The Bertz CT molecular complexity index is 53.9. The van der Waals surface area contributed by atoms with Crippen molar-refractivity contribution >= 4 is 11.8 Å². The molecule has 1 nitrogen and oxygen atoms in total. The van der Waals surface area contributed by atoms with Crippen molar-refractivity contribution in [2.24, 2.45) is 5.73 Å². The molecular weight excluding hydrogens is 130 g/mol. The van der Waals surface area contributed by atoms with Crippen LogP contribution in [0.25, 0.3) is 0 Å². The van der Waals surface area contributed by atoms with Gasteiger partial charge in [0.05, 0.1) is 0 Å². The first-order valence-corrected chi connectivity index (χ1v) is 4.38. The molecule has 0 aromatic heterocycles. The third-order valence-electron chi connectivity index (χ3n) is 0.898. The average Bonchev–Trinajstić information content (AvgIpc) is 1.63. The van der Waals surface area contributed by atoms with E-state index in [9.17, 15) is 0 Å². The standard InChI is InChI=1S/C7H16NS/c1-6(2)9-5-4-7(3)8/h4,6-7H,5,8H2,1-3H3. The quantitative estimate of drug-likeness (QED) is 0.653. The minimum atomic E-state index is 0.247. The van der Waals surface area contributed by atoms with Crippen molar-refractivity contribution in [3.05, 3.63) is 6.42 Å². The molecule has 0 aliphatic heterocycles. The van der Waals surface area contributed by atoms with E-state index in [0.29, 0.717) is 0 Å². The van der Waals surface area contributed by atoms with Crippen molar-refractivity contribution in [1.29, 1.82) is 0 Å². The second-order valence-electron chi connectivity index (χ2n) is 2.48. The zero-order chi connectivity index (χ0) is 7.28. The van der Waals surface area contributed by atoms with E-state index in [4.69, 9.17) is 5.73 Å². The molecule has 55 valence electrons. The van der Waals surface area contributed by atoms with Gasteiger partial charge >= 0.3 is 0 Å². The summed E-state index contributed by atoms with van der Waals surface area (Å²) in [6, 6.07) is 0.247. The van der Waals surface area contributed by atoms with Crippen LogP contribution in [-0.2, 0) is 0 Å². The first-order valence-electron chi connectivity index (χ1n) is 3.33. The number of hydrogen-bond acceptors (Lipinski definition) is 2. The van der Waals surface area contributed by atoms with E-state index in [-0.39, 0.29) is 6.04 Å². The highest BCUT2D eigenvalue weighted by atomic mass is 32.2. The largest absolute Gasteiger partial charge is 0.328 e. The van der Waals surface area contributed by atoms with Crippen LogP contribution < -0.4 is 5.73 Å². The second kappa shape index (κ2) is 5.12. The number of nitrogens with two attached hydrogens (primary N) is 1. The van der Waals surface area contributed by atoms with E-state index in [0.717, 1.165) is 11.0 Å². The maximum absolute atomic E-state index is 5.51. The number of rotatable bonds is 4. The number of thioether (sulfide) groups is 1. The van der Waals surface area contributed by atoms with Crippen LogP contribution in [0.4, 0.5) is 0 Å². The summed E-state index contributed by atoms with van der Waals surface area (Å²) in [5, 5.41) is 0.722. The van der Waals surface area contributed by atoms with Crippen LogP contribution in [0.3, 0.4) is 0 Å². The van der Waals surface area contributed by atoms with Gasteiger partial charge in [0.2, 0.25) is 0 Å². The van der Waals surface area contributed by atoms with Crippen LogP contribution in [0.2, 0.25) is 0 Å². The highest BCUT2D eigenvalue weighted by Gasteiger charge is 1.96. The van der Waals surface area contributed by atoms with E-state index < -0.39 is 0 Å². The zero-order valence-corrected chi connectivity index (χ0v) is 7.24. The molecule has 0 saturated carbocycles. The van der Waals surface area contributed by atoms with E-state index >= 15 is 0 Å². The molecular formula is C7H16NS. The number of hydrogen-bond donors (Lipinski definition) is 1. The Morgan fingerprint density at radius 3 is 2.33 bits per heavy atom. The minimum Gasteiger partial charge on any atom is -0.328 e. The van der Waals surface area contributed by atoms with Gasteiger partial charge in [0, 0.05) is 6.04 Å². The van der Waals surface area contributed by atoms with Gasteiger partial charge in [-0.1, -0.05) is 13.8 Å². The fraction of sp³-hybridized carbons (Fsp3) is 0.857. The molecule has 0 spiro atoms. The smallest absolute Gasteiger partial charge is 0.00501 e. The summed E-state index contributed by atoms with van der Waals surface area (Å²) in [6.07, 6.45) is 2.13. The van der Waals surface area contributed by atoms with Crippen LogP contribution in [0.5, 0.6) is 0 Å². The molecule has 0 bridgehead atoms. The lowest BCUT2D eigenvalue weighted by molar-refractivity contribution is 0.858. The van der Waals surface area contributed by atoms with Crippen molar-refractivity contribution in [1.82, 2.24) is 0 Å². The summed E-state index contributed by atoms with van der Waals surface area (Å²) in [5.41, 5.74) is 5.51. The van der Waals surface area contributed by atoms with Crippen molar-refractivity contribution in [2.45, 2.75) is 32.1 Å². The molecule has 0 aliphatic carbocycles. The first-order chi connectivity index (χ1) is 4.13. The van der Waals surface area contributed by atoms with Gasteiger partial charge in [0.15, 0.2) is 0 Å². The Kier molecular flexibility index (Phi) is 5.30. The van der Waals surface area contributed by atoms with E-state index in [2.05, 4.69) is 20.3 Å². The van der Waals surface area contributed by atoms with Crippen LogP contribution in [-0.4, -0.2) is 17.0 Å². The lowest BCUT2D eigenvalue weighted by Crippen LogP contribution is -2.16. The highest BCUT2D eigenvalue weighted by Crippen LogP contribution is 2.09. The van der Waals surface area contributed by atoms with Gasteiger partial charge in [0.1, 0.15) is 0 Å². The summed E-state index contributed by atoms with van der Waals surface area (Å²) < 4.78 is 0. The Morgan fingerprint density at radius 2 is 2.00 bits per heavy atom. The molecule has 9 heavy (non-hydrogen) atoms. The van der Waals surface area contributed by atoms with Crippen LogP contribution in [0.1, 0.15) is 20.8 Å². The summed E-state index contributed by atoms with van der Waals surface area (Å²) in [7, 11) is 0. The van der Waals surface area contributed by atoms with Crippen molar-refractivity contribution < 1.29 is 0 Å². The molecule has 0 aromatic rings. The van der Waals surface area contributed by atoms with Crippen molar-refractivity contribution in [3.63, 3.8) is 0 Å². The second-order valence-corrected chi connectivity index (χ2v) is 4.09. The van der Waals surface area contributed by atoms with Crippen LogP contribution in [0, 0.1) is 6.42 Å². The van der Waals surface area contributed by atoms with Crippen molar-refractivity contribution in [2.75, 3.05) is 5.75 Å². The molecule has 0 amide bonds. The fourth-order valence-corrected chi connectivity index (χ4v) is 1.20. The lowest BCUT2D eigenvalue weighted by Gasteiger charge is -2.05. The molecule has 0 heterocycles. The fourth-order valence-electron chi connectivity index (χ4n) is 0.400. The van der Waals surface area contributed by atoms with Gasteiger partial charge in [-0.25, -0.2) is 0 Å². The van der Waals surface area contributed by atoms with Crippen molar-refractivity contribution in [3.8, 4) is 0 Å². The SMILES string of the molecule is CC(N)[CH]CSC(C)C. The molecule has 0 aromatic carbocycles. The van der Waals surface area contributed by atoms with Gasteiger partial charge in [-0.2, -0.15) is 11.8 Å². The van der Waals surface area contributed by atoms with Gasteiger partial charge in [-0.05, 0) is 24.3 Å². The molecule has 1 atom stereocenters. The molecule has 1 radical (unpaired) electrons. The van der Waals surface area contributed by atoms with Gasteiger partial charge in [-0.15, -0.1) is 0 Å². The van der Waals surface area contributed by atoms with E-state index in [1.807, 2.05) is 18.7 Å². The normalized spacial score (nSPS) is 14.3. The van der Waals surface area contributed by atoms with Gasteiger partial charge < -0.3 is 5.73 Å². The summed E-state index contributed by atoms with van der Waals surface area (Å²) in [5.74, 6) is 1.08. The molecule has 0 saturated heterocycles. The Balaban J connectivity index is 2.91. The predicted octanol–water partition coefficient (Wildman–Crippen LogP) is 1.68. The zero-order valence-electron chi connectivity index (χ0n) is 6.42. The Hall–Kier alpha value is 0.310. The van der Waals surface area contributed by atoms with Crippen LogP contribution in [0.15, 0.2) is 0 Å². The van der Waals surface area contributed by atoms with Crippen LogP contribution >= 0.6 is 11.8 Å². The third-order valence-corrected chi connectivity index (χ3v) is 1.95. The Morgan fingerprint density at radius 1 is 1.44 bits per heavy atom. The highest BCUT2D eigenvalue weighted by molar-refractivity contribution is 7.99. The molecule has 0 aliphatic rings. The Labute approximate surface area is 62.4 Å². The first kappa shape index (κ1) is 9.31. The van der Waals surface area contributed by atoms with E-state index in [1.165, 1.54) is 0 Å². The summed E-state index contributed by atoms with van der Waals surface area (Å²) in [4.78, 5) is 0. The topological polar surface area (TPSA) is 26.0 Å². The van der Waals surface area contributed by atoms with Gasteiger partial charge in [0.25, 0.3) is 0 Å². The maximum Gasteiger partial charge on any atom is 0.00501 e. The molecule has 2 heteroatoms. The summed E-state index contributed by atoms with van der Waals surface area (Å²) >= 11 is 1.92. The lowest BCUT2D eigenvalue weighted by atomic mass is 10.3. The summed E-state index contributed by atoms with van der Waals surface area (Å²) in [6.45, 7) is 6.39. The molecule has 0 fully saturated rings. The molecule has 2 N–H and O–H groups in total. The van der Waals surface area contributed by atoms with E-state index in [1.54, 1.807) is 0 Å². The van der Waals surface area contributed by atoms with Gasteiger partial charge in [-0.3, -0.25) is 0 Å². The average molecular weight is 146 g/mol.